The average molecular weight is 207 g/mol. The fourth-order valence-electron chi connectivity index (χ4n) is 0.813. The Morgan fingerprint density at radius 1 is 1.46 bits per heavy atom. The van der Waals surface area contributed by atoms with E-state index in [1.807, 2.05) is 0 Å². The second-order valence-electron chi connectivity index (χ2n) is 2.55. The highest BCUT2D eigenvalue weighted by atomic mass is 32.3. The molecule has 0 saturated carbocycles. The minimum Gasteiger partial charge on any atom is -0.261 e. The van der Waals surface area contributed by atoms with Crippen molar-refractivity contribution in [2.24, 2.45) is 0 Å². The Balaban J connectivity index is 3.10. The van der Waals surface area contributed by atoms with Gasteiger partial charge in [0.1, 0.15) is 11.1 Å². The molecule has 1 rings (SSSR count). The van der Waals surface area contributed by atoms with E-state index in [0.717, 1.165) is 25.4 Å². The molecule has 0 N–H and O–H groups in total. The first-order chi connectivity index (χ1) is 5.91. The third kappa shape index (κ3) is 2.45. The zero-order valence-corrected chi connectivity index (χ0v) is 7.55. The highest BCUT2D eigenvalue weighted by Crippen LogP contribution is 2.22. The van der Waals surface area contributed by atoms with Crippen molar-refractivity contribution in [2.45, 2.75) is 12.2 Å². The monoisotopic (exact) mass is 207 g/mol. The SMILES string of the molecule is CC(c1cncc(F)c1)S(=O)(=O)F. The smallest absolute Gasteiger partial charge is 0.261 e. The lowest BCUT2D eigenvalue weighted by Crippen LogP contribution is -2.04. The summed E-state index contributed by atoms with van der Waals surface area (Å²) in [6.45, 7) is 1.13. The summed E-state index contributed by atoms with van der Waals surface area (Å²) in [4.78, 5) is 3.41. The Kier molecular flexibility index (Phi) is 2.60. The van der Waals surface area contributed by atoms with E-state index < -0.39 is 21.3 Å². The summed E-state index contributed by atoms with van der Waals surface area (Å²) in [5.41, 5.74) is 0.00231. The molecule has 0 aromatic carbocycles. The standard InChI is InChI=1S/C7H7F2NO2S/c1-5(13(9,11)12)6-2-7(8)4-10-3-6/h2-5H,1H3. The van der Waals surface area contributed by atoms with E-state index in [9.17, 15) is 16.7 Å². The summed E-state index contributed by atoms with van der Waals surface area (Å²) in [7, 11) is -4.68. The van der Waals surface area contributed by atoms with Gasteiger partial charge in [0.2, 0.25) is 0 Å². The van der Waals surface area contributed by atoms with Crippen molar-refractivity contribution in [1.29, 1.82) is 0 Å². The van der Waals surface area contributed by atoms with Crippen LogP contribution in [0, 0.1) is 5.82 Å². The van der Waals surface area contributed by atoms with Crippen LogP contribution in [0.5, 0.6) is 0 Å². The summed E-state index contributed by atoms with van der Waals surface area (Å²) in [6, 6.07) is 0.939. The van der Waals surface area contributed by atoms with Crippen molar-refractivity contribution in [1.82, 2.24) is 4.98 Å². The lowest BCUT2D eigenvalue weighted by atomic mass is 10.2. The van der Waals surface area contributed by atoms with Crippen LogP contribution in [0.15, 0.2) is 18.5 Å². The molecule has 0 bridgehead atoms. The molecular formula is C7H7F2NO2S. The van der Waals surface area contributed by atoms with Gasteiger partial charge in [0.15, 0.2) is 0 Å². The van der Waals surface area contributed by atoms with Gasteiger partial charge in [-0.25, -0.2) is 4.39 Å². The fraction of sp³-hybridized carbons (Fsp3) is 0.286. The van der Waals surface area contributed by atoms with Gasteiger partial charge in [0, 0.05) is 6.20 Å². The predicted molar refractivity (Wildman–Crippen MR) is 42.6 cm³/mol. The van der Waals surface area contributed by atoms with Gasteiger partial charge in [0.25, 0.3) is 0 Å². The topological polar surface area (TPSA) is 47.0 Å². The molecule has 0 fully saturated rings. The number of pyridine rings is 1. The number of hydrogen-bond acceptors (Lipinski definition) is 3. The highest BCUT2D eigenvalue weighted by Gasteiger charge is 2.21. The molecule has 0 saturated heterocycles. The van der Waals surface area contributed by atoms with Crippen LogP contribution in [0.4, 0.5) is 8.28 Å². The predicted octanol–water partition coefficient (Wildman–Crippen LogP) is 1.58. The molecule has 72 valence electrons. The molecule has 1 atom stereocenters. The van der Waals surface area contributed by atoms with Gasteiger partial charge in [0.05, 0.1) is 6.20 Å². The molecule has 0 radical (unpaired) electrons. The Labute approximate surface area is 74.6 Å². The molecular weight excluding hydrogens is 200 g/mol. The molecule has 0 aliphatic rings. The number of nitrogens with zero attached hydrogens (tertiary/aromatic N) is 1. The third-order valence-corrected chi connectivity index (χ3v) is 2.73. The van der Waals surface area contributed by atoms with Gasteiger partial charge in [-0.15, -0.1) is 3.89 Å². The average Bonchev–Trinajstić information content (AvgIpc) is 2.01. The number of aromatic nitrogens is 1. The molecule has 0 amide bonds. The van der Waals surface area contributed by atoms with Crippen LogP contribution < -0.4 is 0 Å². The maximum absolute atomic E-state index is 12.5. The minimum absolute atomic E-state index is 0.00231. The van der Waals surface area contributed by atoms with E-state index in [1.165, 1.54) is 0 Å². The van der Waals surface area contributed by atoms with Gasteiger partial charge in [-0.3, -0.25) is 4.98 Å². The van der Waals surface area contributed by atoms with Crippen LogP contribution in [0.3, 0.4) is 0 Å². The van der Waals surface area contributed by atoms with Crippen LogP contribution >= 0.6 is 0 Å². The maximum Gasteiger partial charge on any atom is 0.309 e. The molecule has 1 heterocycles. The zero-order valence-electron chi connectivity index (χ0n) is 6.74. The molecule has 1 unspecified atom stereocenters. The van der Waals surface area contributed by atoms with Gasteiger partial charge in [-0.2, -0.15) is 8.42 Å². The highest BCUT2D eigenvalue weighted by molar-refractivity contribution is 7.86. The first-order valence-corrected chi connectivity index (χ1v) is 4.90. The first kappa shape index (κ1) is 10.0. The van der Waals surface area contributed by atoms with E-state index in [4.69, 9.17) is 0 Å². The van der Waals surface area contributed by atoms with E-state index in [-0.39, 0.29) is 5.56 Å². The molecule has 1 aromatic heterocycles. The zero-order chi connectivity index (χ0) is 10.1. The summed E-state index contributed by atoms with van der Waals surface area (Å²) in [5, 5.41) is -1.38. The van der Waals surface area contributed by atoms with E-state index >= 15 is 0 Å². The van der Waals surface area contributed by atoms with Gasteiger partial charge >= 0.3 is 10.2 Å². The summed E-state index contributed by atoms with van der Waals surface area (Å²) < 4.78 is 45.8. The quantitative estimate of drug-likeness (QED) is 0.692. The van der Waals surface area contributed by atoms with Gasteiger partial charge in [-0.1, -0.05) is 0 Å². The largest absolute Gasteiger partial charge is 0.309 e. The van der Waals surface area contributed by atoms with Crippen LogP contribution in [-0.2, 0) is 10.2 Å². The van der Waals surface area contributed by atoms with Gasteiger partial charge < -0.3 is 0 Å². The van der Waals surface area contributed by atoms with Crippen molar-refractivity contribution in [3.8, 4) is 0 Å². The summed E-state index contributed by atoms with van der Waals surface area (Å²) >= 11 is 0. The molecule has 0 aliphatic heterocycles. The Morgan fingerprint density at radius 2 is 2.08 bits per heavy atom. The third-order valence-electron chi connectivity index (χ3n) is 1.62. The number of halogens is 2. The van der Waals surface area contributed by atoms with Crippen LogP contribution in [-0.4, -0.2) is 13.4 Å². The Hall–Kier alpha value is -1.04. The molecule has 3 nitrogen and oxygen atoms in total. The molecule has 0 aliphatic carbocycles. The lowest BCUT2D eigenvalue weighted by Gasteiger charge is -2.05. The second-order valence-corrected chi connectivity index (χ2v) is 4.21. The molecule has 0 spiro atoms. The number of rotatable bonds is 2. The molecule has 13 heavy (non-hydrogen) atoms. The van der Waals surface area contributed by atoms with Crippen LogP contribution in [0.25, 0.3) is 0 Å². The molecule has 6 heteroatoms. The summed E-state index contributed by atoms with van der Waals surface area (Å²) in [5.74, 6) is -0.687. The summed E-state index contributed by atoms with van der Waals surface area (Å²) in [6.07, 6.45) is 2.03. The number of hydrogen-bond donors (Lipinski definition) is 0. The normalized spacial score (nSPS) is 14.1. The van der Waals surface area contributed by atoms with E-state index in [0.29, 0.717) is 0 Å². The second kappa shape index (κ2) is 3.37. The van der Waals surface area contributed by atoms with Gasteiger partial charge in [-0.05, 0) is 18.6 Å². The van der Waals surface area contributed by atoms with Crippen molar-refractivity contribution in [3.05, 3.63) is 29.8 Å². The van der Waals surface area contributed by atoms with Crippen LogP contribution in [0.1, 0.15) is 17.7 Å². The Bertz CT molecular complexity index is 405. The van der Waals surface area contributed by atoms with E-state index in [2.05, 4.69) is 4.98 Å². The first-order valence-electron chi connectivity index (χ1n) is 3.45. The fourth-order valence-corrected chi connectivity index (χ4v) is 1.27. The maximum atomic E-state index is 12.5. The minimum atomic E-state index is -4.68. The van der Waals surface area contributed by atoms with Crippen molar-refractivity contribution in [3.63, 3.8) is 0 Å². The lowest BCUT2D eigenvalue weighted by molar-refractivity contribution is 0.539. The van der Waals surface area contributed by atoms with Crippen molar-refractivity contribution < 1.29 is 16.7 Å². The van der Waals surface area contributed by atoms with Crippen molar-refractivity contribution in [2.75, 3.05) is 0 Å². The Morgan fingerprint density at radius 3 is 2.54 bits per heavy atom. The van der Waals surface area contributed by atoms with E-state index in [1.54, 1.807) is 0 Å². The van der Waals surface area contributed by atoms with Crippen LogP contribution in [0.2, 0.25) is 0 Å². The van der Waals surface area contributed by atoms with Crippen molar-refractivity contribution >= 4 is 10.2 Å². The molecule has 1 aromatic rings.